The van der Waals surface area contributed by atoms with Gasteiger partial charge in [-0.2, -0.15) is 5.43 Å². The maximum Gasteiger partial charge on any atom is 0.270 e. The SMILES string of the molecule is C=CCC1(O)CN(C(=O)c2ccc(F)c(F)c2Nc2ccc(I)cc2F)N1. The van der Waals surface area contributed by atoms with E-state index in [0.717, 1.165) is 17.1 Å². The van der Waals surface area contributed by atoms with Gasteiger partial charge in [-0.05, 0) is 52.9 Å². The molecule has 3 N–H and O–H groups in total. The van der Waals surface area contributed by atoms with E-state index in [2.05, 4.69) is 17.3 Å². The maximum atomic E-state index is 14.4. The fourth-order valence-corrected chi connectivity index (χ4v) is 3.14. The van der Waals surface area contributed by atoms with Crippen LogP contribution in [0.5, 0.6) is 0 Å². The number of aliphatic hydroxyl groups is 1. The fourth-order valence-electron chi connectivity index (χ4n) is 2.69. The highest BCUT2D eigenvalue weighted by Gasteiger charge is 2.43. The van der Waals surface area contributed by atoms with Crippen LogP contribution >= 0.6 is 22.6 Å². The number of rotatable bonds is 5. The summed E-state index contributed by atoms with van der Waals surface area (Å²) in [6.45, 7) is 3.45. The zero-order valence-corrected chi connectivity index (χ0v) is 16.1. The molecule has 1 unspecified atom stereocenters. The molecule has 1 amide bonds. The summed E-state index contributed by atoms with van der Waals surface area (Å²) in [5.74, 6) is -3.86. The van der Waals surface area contributed by atoms with Gasteiger partial charge in [0.2, 0.25) is 0 Å². The molecular weight excluding hydrogens is 474 g/mol. The number of carbonyl (C=O) groups is 1. The Morgan fingerprint density at radius 3 is 2.67 bits per heavy atom. The second-order valence-electron chi connectivity index (χ2n) is 6.06. The Bertz CT molecular complexity index is 917. The summed E-state index contributed by atoms with van der Waals surface area (Å²) in [6.07, 6.45) is 1.69. The molecule has 2 aromatic carbocycles. The molecule has 0 radical (unpaired) electrons. The largest absolute Gasteiger partial charge is 0.372 e. The molecule has 0 aliphatic carbocycles. The van der Waals surface area contributed by atoms with Crippen LogP contribution < -0.4 is 10.7 Å². The van der Waals surface area contributed by atoms with Gasteiger partial charge in [0.1, 0.15) is 5.82 Å². The summed E-state index contributed by atoms with van der Waals surface area (Å²) in [5, 5.41) is 13.6. The van der Waals surface area contributed by atoms with E-state index < -0.39 is 34.8 Å². The molecule has 0 aromatic heterocycles. The quantitative estimate of drug-likeness (QED) is 0.443. The van der Waals surface area contributed by atoms with Gasteiger partial charge in [-0.1, -0.05) is 6.08 Å². The topological polar surface area (TPSA) is 64.6 Å². The van der Waals surface area contributed by atoms with Gasteiger partial charge in [-0.3, -0.25) is 9.80 Å². The van der Waals surface area contributed by atoms with Crippen molar-refractivity contribution in [2.24, 2.45) is 0 Å². The minimum atomic E-state index is -1.31. The summed E-state index contributed by atoms with van der Waals surface area (Å²) in [6, 6.07) is 6.07. The molecule has 0 saturated carbocycles. The van der Waals surface area contributed by atoms with E-state index >= 15 is 0 Å². The predicted octanol–water partition coefficient (Wildman–Crippen LogP) is 3.68. The monoisotopic (exact) mass is 489 g/mol. The van der Waals surface area contributed by atoms with Crippen LogP contribution in [0.3, 0.4) is 0 Å². The third kappa shape index (κ3) is 3.94. The van der Waals surface area contributed by atoms with Gasteiger partial charge in [0.05, 0.1) is 23.5 Å². The van der Waals surface area contributed by atoms with Crippen LogP contribution in [-0.2, 0) is 0 Å². The number of nitrogens with one attached hydrogen (secondary N) is 2. The third-order valence-corrected chi connectivity index (χ3v) is 4.68. The van der Waals surface area contributed by atoms with Gasteiger partial charge in [0, 0.05) is 9.99 Å². The van der Waals surface area contributed by atoms with E-state index in [1.807, 2.05) is 22.6 Å². The number of β-amino-alcohol motifs (C(OH)–C–C–N with tert-alkyl or cyclic N) is 1. The molecule has 9 heteroatoms. The van der Waals surface area contributed by atoms with Crippen molar-refractivity contribution in [3.8, 4) is 0 Å². The molecule has 3 rings (SSSR count). The number of halogens is 4. The van der Waals surface area contributed by atoms with E-state index in [0.29, 0.717) is 3.57 Å². The lowest BCUT2D eigenvalue weighted by Gasteiger charge is -2.47. The van der Waals surface area contributed by atoms with Crippen molar-refractivity contribution in [2.45, 2.75) is 12.1 Å². The molecule has 2 aromatic rings. The predicted molar refractivity (Wildman–Crippen MR) is 103 cm³/mol. The highest BCUT2D eigenvalue weighted by Crippen LogP contribution is 2.31. The Labute approximate surface area is 167 Å². The summed E-state index contributed by atoms with van der Waals surface area (Å²) in [7, 11) is 0. The Hall–Kier alpha value is -2.11. The first-order chi connectivity index (χ1) is 12.7. The van der Waals surface area contributed by atoms with Gasteiger partial charge < -0.3 is 10.4 Å². The number of hydrazine groups is 1. The first kappa shape index (κ1) is 19.6. The highest BCUT2D eigenvalue weighted by atomic mass is 127. The van der Waals surface area contributed by atoms with Gasteiger partial charge in [-0.15, -0.1) is 6.58 Å². The zero-order valence-electron chi connectivity index (χ0n) is 13.9. The van der Waals surface area contributed by atoms with Crippen molar-refractivity contribution in [1.29, 1.82) is 0 Å². The van der Waals surface area contributed by atoms with Crippen LogP contribution in [0.15, 0.2) is 43.0 Å². The van der Waals surface area contributed by atoms with Crippen LogP contribution in [-0.4, -0.2) is 28.3 Å². The number of anilines is 2. The standard InChI is InChI=1S/C18H15F3IN3O2/c1-2-7-18(27)9-25(24-18)17(26)11-4-5-12(19)15(21)16(11)23-14-6-3-10(22)8-13(14)20/h2-6,8,23-24,27H,1,7,9H2. The average molecular weight is 489 g/mol. The van der Waals surface area contributed by atoms with Crippen molar-refractivity contribution < 1.29 is 23.1 Å². The molecule has 27 heavy (non-hydrogen) atoms. The highest BCUT2D eigenvalue weighted by molar-refractivity contribution is 14.1. The molecule has 1 saturated heterocycles. The molecule has 0 spiro atoms. The van der Waals surface area contributed by atoms with Crippen LogP contribution in [0.4, 0.5) is 24.5 Å². The van der Waals surface area contributed by atoms with Crippen molar-refractivity contribution in [1.82, 2.24) is 10.4 Å². The van der Waals surface area contributed by atoms with E-state index in [1.165, 1.54) is 18.2 Å². The lowest BCUT2D eigenvalue weighted by molar-refractivity contribution is -0.146. The Morgan fingerprint density at radius 2 is 2.04 bits per heavy atom. The zero-order chi connectivity index (χ0) is 19.8. The summed E-state index contributed by atoms with van der Waals surface area (Å²) in [4.78, 5) is 12.6. The first-order valence-electron chi connectivity index (χ1n) is 7.87. The molecule has 5 nitrogen and oxygen atoms in total. The van der Waals surface area contributed by atoms with Gasteiger partial charge in [-0.25, -0.2) is 13.2 Å². The first-order valence-corrected chi connectivity index (χ1v) is 8.95. The third-order valence-electron chi connectivity index (χ3n) is 4.01. The van der Waals surface area contributed by atoms with E-state index in [4.69, 9.17) is 0 Å². The second kappa shape index (κ2) is 7.49. The number of amides is 1. The van der Waals surface area contributed by atoms with Crippen molar-refractivity contribution in [3.05, 3.63) is 69.6 Å². The summed E-state index contributed by atoms with van der Waals surface area (Å²) in [5.41, 5.74) is 0.438. The minimum absolute atomic E-state index is 0.0613. The Morgan fingerprint density at radius 1 is 1.33 bits per heavy atom. The lowest BCUT2D eigenvalue weighted by Crippen LogP contribution is -2.72. The van der Waals surface area contributed by atoms with Crippen LogP contribution in [0.2, 0.25) is 0 Å². The van der Waals surface area contributed by atoms with E-state index in [-0.39, 0.29) is 24.2 Å². The molecular formula is C18H15F3IN3O2. The fraction of sp³-hybridized carbons (Fsp3) is 0.167. The summed E-state index contributed by atoms with van der Waals surface area (Å²) >= 11 is 1.91. The number of nitrogens with zero attached hydrogens (tertiary/aromatic N) is 1. The molecule has 1 aliphatic rings. The lowest BCUT2D eigenvalue weighted by atomic mass is 10.0. The second-order valence-corrected chi connectivity index (χ2v) is 7.31. The van der Waals surface area contributed by atoms with Crippen LogP contribution in [0, 0.1) is 21.0 Å². The molecule has 1 atom stereocenters. The molecule has 1 aliphatic heterocycles. The molecule has 1 fully saturated rings. The number of hydrogen-bond acceptors (Lipinski definition) is 4. The van der Waals surface area contributed by atoms with Crippen molar-refractivity contribution >= 4 is 39.9 Å². The minimum Gasteiger partial charge on any atom is -0.372 e. The number of benzene rings is 2. The van der Waals surface area contributed by atoms with Gasteiger partial charge >= 0.3 is 0 Å². The Kier molecular flexibility index (Phi) is 5.45. The van der Waals surface area contributed by atoms with E-state index in [9.17, 15) is 23.1 Å². The van der Waals surface area contributed by atoms with Gasteiger partial charge in [0.25, 0.3) is 5.91 Å². The maximum absolute atomic E-state index is 14.4. The normalized spacial score (nSPS) is 18.8. The smallest absolute Gasteiger partial charge is 0.270 e. The van der Waals surface area contributed by atoms with E-state index in [1.54, 1.807) is 6.07 Å². The average Bonchev–Trinajstić information content (AvgIpc) is 2.58. The number of hydrogen-bond donors (Lipinski definition) is 3. The summed E-state index contributed by atoms with van der Waals surface area (Å²) < 4.78 is 42.8. The van der Waals surface area contributed by atoms with Crippen molar-refractivity contribution in [3.63, 3.8) is 0 Å². The molecule has 1 heterocycles. The number of carbonyl (C=O) groups excluding carboxylic acids is 1. The molecule has 142 valence electrons. The molecule has 0 bridgehead atoms. The van der Waals surface area contributed by atoms with Gasteiger partial charge in [0.15, 0.2) is 17.4 Å². The Balaban J connectivity index is 1.91. The van der Waals surface area contributed by atoms with Crippen LogP contribution in [0.1, 0.15) is 16.8 Å². The van der Waals surface area contributed by atoms with Crippen molar-refractivity contribution in [2.75, 3.05) is 11.9 Å². The van der Waals surface area contributed by atoms with Crippen LogP contribution in [0.25, 0.3) is 0 Å².